The summed E-state index contributed by atoms with van der Waals surface area (Å²) in [6.45, 7) is 12.4. The molecule has 1 aliphatic heterocycles. The summed E-state index contributed by atoms with van der Waals surface area (Å²) in [7, 11) is 4.42. The van der Waals surface area contributed by atoms with Crippen molar-refractivity contribution in [3.63, 3.8) is 0 Å². The van der Waals surface area contributed by atoms with Crippen molar-refractivity contribution in [3.8, 4) is 0 Å². The Kier molecular flexibility index (Phi) is 12.5. The van der Waals surface area contributed by atoms with E-state index in [1.807, 2.05) is 12.2 Å². The summed E-state index contributed by atoms with van der Waals surface area (Å²) in [5.41, 5.74) is 1.02. The highest BCUT2D eigenvalue weighted by molar-refractivity contribution is 5.96. The standard InChI is InChI=1S/C29H51N3O/c1-6-9-19-29(30-4,20-10-7-2)24-31(5)21-17-26-18-22-32(23-26)28(33)27(12-8-3)14-11-13-25-15-16-25/h8,11-12,14,25-26,30H,3,6-7,9-10,13,15-24H2,1-2,4-5H3/b14-11-,27-12+. The van der Waals surface area contributed by atoms with Gasteiger partial charge in [0.25, 0.3) is 5.91 Å². The van der Waals surface area contributed by atoms with Gasteiger partial charge in [0.2, 0.25) is 0 Å². The number of likely N-dealkylation sites (tertiary alicyclic amines) is 1. The quantitative estimate of drug-likeness (QED) is 0.216. The molecule has 2 aliphatic rings. The summed E-state index contributed by atoms with van der Waals surface area (Å²) >= 11 is 0. The molecule has 1 unspecified atom stereocenters. The first-order chi connectivity index (χ1) is 16.0. The zero-order valence-electron chi connectivity index (χ0n) is 22.1. The number of nitrogens with one attached hydrogen (secondary N) is 1. The van der Waals surface area contributed by atoms with Gasteiger partial charge in [-0.15, -0.1) is 0 Å². The largest absolute Gasteiger partial charge is 0.338 e. The number of carbonyl (C=O) groups excluding carboxylic acids is 1. The Morgan fingerprint density at radius 3 is 2.42 bits per heavy atom. The summed E-state index contributed by atoms with van der Waals surface area (Å²) in [4.78, 5) is 17.7. The van der Waals surface area contributed by atoms with Crippen LogP contribution in [-0.2, 0) is 4.79 Å². The molecule has 1 amide bonds. The lowest BCUT2D eigenvalue weighted by Crippen LogP contribution is -2.51. The molecule has 1 atom stereocenters. The molecule has 4 nitrogen and oxygen atoms in total. The molecule has 0 aromatic heterocycles. The van der Waals surface area contributed by atoms with Crippen LogP contribution in [0.15, 0.2) is 36.5 Å². The van der Waals surface area contributed by atoms with Crippen molar-refractivity contribution < 1.29 is 4.79 Å². The predicted molar refractivity (Wildman–Crippen MR) is 142 cm³/mol. The van der Waals surface area contributed by atoms with Crippen molar-refractivity contribution in [2.24, 2.45) is 11.8 Å². The number of hydrogen-bond acceptors (Lipinski definition) is 3. The van der Waals surface area contributed by atoms with Crippen LogP contribution in [0.25, 0.3) is 0 Å². The average molecular weight is 458 g/mol. The first kappa shape index (κ1) is 27.9. The molecule has 0 spiro atoms. The van der Waals surface area contributed by atoms with Gasteiger partial charge in [-0.25, -0.2) is 0 Å². The van der Waals surface area contributed by atoms with E-state index in [-0.39, 0.29) is 11.4 Å². The van der Waals surface area contributed by atoms with Crippen molar-refractivity contribution in [2.45, 2.75) is 90.0 Å². The van der Waals surface area contributed by atoms with Crippen LogP contribution in [-0.4, -0.2) is 61.5 Å². The number of hydrogen-bond donors (Lipinski definition) is 1. The Morgan fingerprint density at radius 2 is 1.85 bits per heavy atom. The smallest absolute Gasteiger partial charge is 0.253 e. The summed E-state index contributed by atoms with van der Waals surface area (Å²) in [6.07, 6.45) is 21.5. The second-order valence-corrected chi connectivity index (χ2v) is 10.6. The van der Waals surface area contributed by atoms with E-state index in [2.05, 4.69) is 55.7 Å². The first-order valence-electron chi connectivity index (χ1n) is 13.6. The molecule has 2 rings (SSSR count). The predicted octanol–water partition coefficient (Wildman–Crippen LogP) is 5.96. The molecule has 0 aromatic carbocycles. The number of allylic oxidation sites excluding steroid dienone is 3. The Hall–Kier alpha value is -1.39. The van der Waals surface area contributed by atoms with E-state index in [0.29, 0.717) is 5.92 Å². The number of rotatable bonds is 17. The molecule has 0 bridgehead atoms. The maximum absolute atomic E-state index is 13.1. The molecule has 0 radical (unpaired) electrons. The van der Waals surface area contributed by atoms with Crippen LogP contribution >= 0.6 is 0 Å². The lowest BCUT2D eigenvalue weighted by Gasteiger charge is -2.38. The van der Waals surface area contributed by atoms with E-state index in [9.17, 15) is 4.79 Å². The zero-order chi connectivity index (χ0) is 24.1. The minimum absolute atomic E-state index is 0.172. The molecule has 2 fully saturated rings. The summed E-state index contributed by atoms with van der Waals surface area (Å²) in [5, 5.41) is 3.70. The van der Waals surface area contributed by atoms with Crippen LogP contribution in [0.2, 0.25) is 0 Å². The van der Waals surface area contributed by atoms with Gasteiger partial charge in [0.05, 0.1) is 0 Å². The molecule has 1 aliphatic carbocycles. The fourth-order valence-electron chi connectivity index (χ4n) is 5.14. The highest BCUT2D eigenvalue weighted by Crippen LogP contribution is 2.33. The summed E-state index contributed by atoms with van der Waals surface area (Å²) < 4.78 is 0. The van der Waals surface area contributed by atoms with Crippen molar-refractivity contribution in [2.75, 3.05) is 40.3 Å². The molecule has 1 saturated carbocycles. The highest BCUT2D eigenvalue weighted by Gasteiger charge is 2.30. The van der Waals surface area contributed by atoms with Crippen molar-refractivity contribution in [1.29, 1.82) is 0 Å². The minimum Gasteiger partial charge on any atom is -0.338 e. The maximum atomic E-state index is 13.1. The topological polar surface area (TPSA) is 35.6 Å². The number of unbranched alkanes of at least 4 members (excludes halogenated alkanes) is 2. The van der Waals surface area contributed by atoms with Gasteiger partial charge in [0.15, 0.2) is 0 Å². The second-order valence-electron chi connectivity index (χ2n) is 10.6. The van der Waals surface area contributed by atoms with E-state index in [4.69, 9.17) is 0 Å². The van der Waals surface area contributed by atoms with Gasteiger partial charge < -0.3 is 15.1 Å². The molecule has 188 valence electrons. The lowest BCUT2D eigenvalue weighted by molar-refractivity contribution is -0.125. The maximum Gasteiger partial charge on any atom is 0.253 e. The van der Waals surface area contributed by atoms with Crippen LogP contribution in [0.4, 0.5) is 0 Å². The van der Waals surface area contributed by atoms with Crippen LogP contribution < -0.4 is 5.32 Å². The molecule has 1 saturated heterocycles. The number of likely N-dealkylation sites (N-methyl/N-ethyl adjacent to an activating group) is 2. The second kappa shape index (κ2) is 14.8. The molecule has 1 N–H and O–H groups in total. The molecule has 4 heteroatoms. The highest BCUT2D eigenvalue weighted by atomic mass is 16.2. The van der Waals surface area contributed by atoms with Gasteiger partial charge in [0.1, 0.15) is 0 Å². The van der Waals surface area contributed by atoms with E-state index >= 15 is 0 Å². The molecular weight excluding hydrogens is 406 g/mol. The van der Waals surface area contributed by atoms with Crippen molar-refractivity contribution in [3.05, 3.63) is 36.5 Å². The van der Waals surface area contributed by atoms with E-state index in [1.54, 1.807) is 6.08 Å². The van der Waals surface area contributed by atoms with Crippen LogP contribution in [0.1, 0.15) is 84.5 Å². The average Bonchev–Trinajstić information content (AvgIpc) is 3.52. The van der Waals surface area contributed by atoms with Gasteiger partial charge in [-0.05, 0) is 77.4 Å². The third kappa shape index (κ3) is 9.78. The van der Waals surface area contributed by atoms with Gasteiger partial charge in [-0.1, -0.05) is 70.4 Å². The first-order valence-corrected chi connectivity index (χ1v) is 13.6. The van der Waals surface area contributed by atoms with E-state index < -0.39 is 0 Å². The zero-order valence-corrected chi connectivity index (χ0v) is 22.1. The Morgan fingerprint density at radius 1 is 1.15 bits per heavy atom. The monoisotopic (exact) mass is 457 g/mol. The van der Waals surface area contributed by atoms with Crippen LogP contribution in [0, 0.1) is 11.8 Å². The number of nitrogens with zero attached hydrogens (tertiary/aromatic N) is 2. The third-order valence-electron chi connectivity index (χ3n) is 7.62. The number of amides is 1. The van der Waals surface area contributed by atoms with Gasteiger partial charge in [-0.2, -0.15) is 0 Å². The fourth-order valence-corrected chi connectivity index (χ4v) is 5.14. The molecule has 33 heavy (non-hydrogen) atoms. The molecular formula is C29H51N3O. The van der Waals surface area contributed by atoms with E-state index in [0.717, 1.165) is 50.5 Å². The number of carbonyl (C=O) groups is 1. The Bertz CT molecular complexity index is 641. The minimum atomic E-state index is 0.172. The van der Waals surface area contributed by atoms with Gasteiger partial charge >= 0.3 is 0 Å². The Balaban J connectivity index is 1.82. The van der Waals surface area contributed by atoms with E-state index in [1.165, 1.54) is 57.8 Å². The van der Waals surface area contributed by atoms with Crippen LogP contribution in [0.5, 0.6) is 0 Å². The van der Waals surface area contributed by atoms with Crippen molar-refractivity contribution in [1.82, 2.24) is 15.1 Å². The fraction of sp³-hybridized carbons (Fsp3) is 0.759. The SMILES string of the molecule is C=C/C=C(\C=C/CC1CC1)C(=O)N1CCC(CCN(C)CC(CCCC)(CCCC)NC)C1. The summed E-state index contributed by atoms with van der Waals surface area (Å²) in [5.74, 6) is 1.62. The Labute approximate surface area is 204 Å². The summed E-state index contributed by atoms with van der Waals surface area (Å²) in [6, 6.07) is 0. The van der Waals surface area contributed by atoms with Gasteiger partial charge in [0, 0.05) is 30.7 Å². The third-order valence-corrected chi connectivity index (χ3v) is 7.62. The normalized spacial score (nSPS) is 19.7. The van der Waals surface area contributed by atoms with Gasteiger partial charge in [-0.3, -0.25) is 4.79 Å². The lowest BCUT2D eigenvalue weighted by atomic mass is 9.86. The molecule has 0 aromatic rings. The van der Waals surface area contributed by atoms with Crippen molar-refractivity contribution >= 4 is 5.91 Å². The molecule has 1 heterocycles. The van der Waals surface area contributed by atoms with Crippen LogP contribution in [0.3, 0.4) is 0 Å².